The van der Waals surface area contributed by atoms with Gasteiger partial charge in [-0.15, -0.1) is 0 Å². The summed E-state index contributed by atoms with van der Waals surface area (Å²) in [5.41, 5.74) is 0.726. The van der Waals surface area contributed by atoms with Crippen molar-refractivity contribution in [2.45, 2.75) is 65.0 Å². The van der Waals surface area contributed by atoms with E-state index in [-0.39, 0.29) is 6.61 Å². The van der Waals surface area contributed by atoms with Crippen LogP contribution in [0.2, 0.25) is 0 Å². The maximum Gasteiger partial charge on any atom is 0.411 e. The van der Waals surface area contributed by atoms with Gasteiger partial charge in [0.15, 0.2) is 5.78 Å². The summed E-state index contributed by atoms with van der Waals surface area (Å²) in [6.07, 6.45) is -6.49. The molecule has 0 spiro atoms. The first-order valence-electron chi connectivity index (χ1n) is 12.1. The van der Waals surface area contributed by atoms with E-state index in [4.69, 9.17) is 9.84 Å². The number of halogens is 3. The molecule has 0 saturated carbocycles. The van der Waals surface area contributed by atoms with Crippen LogP contribution in [-0.4, -0.2) is 72.3 Å². The highest BCUT2D eigenvalue weighted by atomic mass is 19.4. The molecule has 1 aromatic rings. The van der Waals surface area contributed by atoms with Gasteiger partial charge >= 0.3 is 18.2 Å². The lowest BCUT2D eigenvalue weighted by atomic mass is 9.99. The molecular formula is C25H34F3N3O8. The zero-order valence-corrected chi connectivity index (χ0v) is 22.0. The normalized spacial score (nSPS) is 13.8. The first-order valence-corrected chi connectivity index (χ1v) is 12.1. The van der Waals surface area contributed by atoms with Gasteiger partial charge < -0.3 is 30.5 Å². The average molecular weight is 562 g/mol. The second-order valence-corrected chi connectivity index (χ2v) is 9.39. The predicted molar refractivity (Wildman–Crippen MR) is 131 cm³/mol. The fourth-order valence-corrected chi connectivity index (χ4v) is 3.25. The van der Waals surface area contributed by atoms with E-state index in [1.807, 2.05) is 0 Å². The molecule has 1 rings (SSSR count). The van der Waals surface area contributed by atoms with E-state index in [2.05, 4.69) is 20.7 Å². The van der Waals surface area contributed by atoms with Crippen LogP contribution in [0.25, 0.3) is 0 Å². The van der Waals surface area contributed by atoms with E-state index in [0.717, 1.165) is 5.56 Å². The molecule has 0 heterocycles. The Bertz CT molecular complexity index is 987. The predicted octanol–water partition coefficient (Wildman–Crippen LogP) is 2.19. The lowest BCUT2D eigenvalue weighted by molar-refractivity contribution is -0.176. The lowest BCUT2D eigenvalue weighted by Gasteiger charge is -2.28. The SMILES string of the molecule is CC(C)[C@H](NC(=O)OCc1ccccc1)C(=O)N[C@H](C(=O)N[C@@H](CC(=O)O)C(=O)COCC(F)(F)F)C(C)C. The van der Waals surface area contributed by atoms with E-state index in [1.54, 1.807) is 58.0 Å². The Morgan fingerprint density at radius 1 is 0.872 bits per heavy atom. The van der Waals surface area contributed by atoms with E-state index >= 15 is 0 Å². The molecule has 0 aliphatic heterocycles. The standard InChI is InChI=1S/C25H34F3N3O8/c1-14(2)20(22(35)29-17(10-19(33)34)18(32)12-38-13-25(26,27)28)30-23(36)21(15(3)4)31-24(37)39-11-16-8-6-5-7-9-16/h5-9,14-15,17,20-21H,10-13H2,1-4H3,(H,29,35)(H,30,36)(H,31,37)(H,33,34)/t17-,20-,21-/m0/s1. The number of carbonyl (C=O) groups excluding carboxylic acids is 4. The van der Waals surface area contributed by atoms with Gasteiger partial charge in [0.05, 0.1) is 6.42 Å². The Kier molecular flexibility index (Phi) is 13.4. The van der Waals surface area contributed by atoms with Gasteiger partial charge in [-0.1, -0.05) is 58.0 Å². The largest absolute Gasteiger partial charge is 0.481 e. The van der Waals surface area contributed by atoms with E-state index < -0.39 is 85.4 Å². The summed E-state index contributed by atoms with van der Waals surface area (Å²) in [6.45, 7) is 3.58. The number of rotatable bonds is 15. The smallest absolute Gasteiger partial charge is 0.411 e. The van der Waals surface area contributed by atoms with Gasteiger partial charge in [0, 0.05) is 0 Å². The molecule has 3 amide bonds. The van der Waals surface area contributed by atoms with Gasteiger partial charge in [-0.3, -0.25) is 19.2 Å². The second-order valence-electron chi connectivity index (χ2n) is 9.39. The minimum absolute atomic E-state index is 0.0399. The molecule has 3 atom stereocenters. The Morgan fingerprint density at radius 2 is 1.41 bits per heavy atom. The third-order valence-corrected chi connectivity index (χ3v) is 5.28. The van der Waals surface area contributed by atoms with Crippen molar-refractivity contribution < 1.29 is 51.7 Å². The molecule has 0 unspecified atom stereocenters. The molecule has 0 aromatic heterocycles. The molecule has 11 nitrogen and oxygen atoms in total. The van der Waals surface area contributed by atoms with Gasteiger partial charge in [0.25, 0.3) is 0 Å². The van der Waals surface area contributed by atoms with E-state index in [1.165, 1.54) is 0 Å². The Balaban J connectivity index is 2.86. The first-order chi connectivity index (χ1) is 18.1. The van der Waals surface area contributed by atoms with Crippen molar-refractivity contribution in [1.29, 1.82) is 0 Å². The van der Waals surface area contributed by atoms with Crippen LogP contribution in [0, 0.1) is 11.8 Å². The quantitative estimate of drug-likeness (QED) is 0.254. The number of carbonyl (C=O) groups is 5. The summed E-state index contributed by atoms with van der Waals surface area (Å²) >= 11 is 0. The van der Waals surface area contributed by atoms with Crippen LogP contribution in [0.4, 0.5) is 18.0 Å². The number of hydrogen-bond acceptors (Lipinski definition) is 7. The van der Waals surface area contributed by atoms with Gasteiger partial charge in [0.2, 0.25) is 11.8 Å². The average Bonchev–Trinajstić information content (AvgIpc) is 2.83. The van der Waals surface area contributed by atoms with Crippen molar-refractivity contribution >= 4 is 29.7 Å². The number of ether oxygens (including phenoxy) is 2. The zero-order valence-electron chi connectivity index (χ0n) is 22.0. The number of carboxylic acid groups (broad SMARTS) is 1. The summed E-state index contributed by atoms with van der Waals surface area (Å²) in [6, 6.07) is 4.73. The Hall–Kier alpha value is -3.68. The number of ketones is 1. The van der Waals surface area contributed by atoms with Crippen LogP contribution in [0.15, 0.2) is 30.3 Å². The Labute approximate surface area is 223 Å². The molecule has 39 heavy (non-hydrogen) atoms. The number of alkyl carbamates (subject to hydrolysis) is 1. The Morgan fingerprint density at radius 3 is 1.92 bits per heavy atom. The van der Waals surface area contributed by atoms with Crippen LogP contribution in [-0.2, 0) is 35.3 Å². The molecule has 0 fully saturated rings. The van der Waals surface area contributed by atoms with Gasteiger partial charge in [-0.05, 0) is 17.4 Å². The number of benzene rings is 1. The molecule has 0 radical (unpaired) electrons. The van der Waals surface area contributed by atoms with Crippen LogP contribution in [0.3, 0.4) is 0 Å². The minimum Gasteiger partial charge on any atom is -0.481 e. The fraction of sp³-hybridized carbons (Fsp3) is 0.560. The lowest BCUT2D eigenvalue weighted by Crippen LogP contribution is -2.58. The van der Waals surface area contributed by atoms with Crippen molar-refractivity contribution in [2.75, 3.05) is 13.2 Å². The fourth-order valence-electron chi connectivity index (χ4n) is 3.25. The number of aliphatic carboxylic acids is 1. The number of amides is 3. The third kappa shape index (κ3) is 13.1. The van der Waals surface area contributed by atoms with Crippen LogP contribution in [0.1, 0.15) is 39.7 Å². The minimum atomic E-state index is -4.70. The van der Waals surface area contributed by atoms with Crippen LogP contribution >= 0.6 is 0 Å². The van der Waals surface area contributed by atoms with E-state index in [0.29, 0.717) is 0 Å². The van der Waals surface area contributed by atoms with Crippen LogP contribution < -0.4 is 16.0 Å². The molecule has 0 bridgehead atoms. The molecule has 1 aromatic carbocycles. The van der Waals surface area contributed by atoms with Crippen molar-refractivity contribution in [2.24, 2.45) is 11.8 Å². The van der Waals surface area contributed by atoms with E-state index in [9.17, 15) is 37.1 Å². The number of Topliss-reactive ketones (excluding diaryl/α,β-unsaturated/α-hetero) is 1. The number of carboxylic acids is 1. The highest BCUT2D eigenvalue weighted by molar-refractivity contribution is 5.96. The van der Waals surface area contributed by atoms with Crippen molar-refractivity contribution in [1.82, 2.24) is 16.0 Å². The molecule has 218 valence electrons. The molecular weight excluding hydrogens is 527 g/mol. The summed E-state index contributed by atoms with van der Waals surface area (Å²) in [7, 11) is 0. The van der Waals surface area contributed by atoms with Crippen molar-refractivity contribution in [3.63, 3.8) is 0 Å². The highest BCUT2D eigenvalue weighted by Crippen LogP contribution is 2.14. The molecule has 0 aliphatic carbocycles. The van der Waals surface area contributed by atoms with Crippen molar-refractivity contribution in [3.05, 3.63) is 35.9 Å². The third-order valence-electron chi connectivity index (χ3n) is 5.28. The number of hydrogen-bond donors (Lipinski definition) is 4. The maximum atomic E-state index is 13.0. The molecule has 0 saturated heterocycles. The summed E-state index contributed by atoms with van der Waals surface area (Å²) in [4.78, 5) is 61.7. The summed E-state index contributed by atoms with van der Waals surface area (Å²) < 4.78 is 46.3. The van der Waals surface area contributed by atoms with Crippen LogP contribution in [0.5, 0.6) is 0 Å². The van der Waals surface area contributed by atoms with Gasteiger partial charge in [0.1, 0.15) is 37.9 Å². The van der Waals surface area contributed by atoms with Gasteiger partial charge in [-0.2, -0.15) is 13.2 Å². The van der Waals surface area contributed by atoms with Gasteiger partial charge in [-0.25, -0.2) is 4.79 Å². The summed E-state index contributed by atoms with van der Waals surface area (Å²) in [5.74, 6) is -5.27. The monoisotopic (exact) mass is 561 g/mol. The van der Waals surface area contributed by atoms with Crippen molar-refractivity contribution in [3.8, 4) is 0 Å². The molecule has 14 heteroatoms. The molecule has 0 aliphatic rings. The maximum absolute atomic E-state index is 13.0. The molecule has 4 N–H and O–H groups in total. The zero-order chi connectivity index (χ0) is 29.8. The first kappa shape index (κ1) is 33.3. The topological polar surface area (TPSA) is 160 Å². The second kappa shape index (κ2) is 15.7. The number of nitrogens with one attached hydrogen (secondary N) is 3. The summed E-state index contributed by atoms with van der Waals surface area (Å²) in [5, 5.41) is 16.2. The highest BCUT2D eigenvalue weighted by Gasteiger charge is 2.34. The number of alkyl halides is 3.